The van der Waals surface area contributed by atoms with Gasteiger partial charge in [-0.15, -0.1) is 0 Å². The van der Waals surface area contributed by atoms with Gasteiger partial charge in [-0.25, -0.2) is 9.78 Å². The van der Waals surface area contributed by atoms with E-state index in [0.717, 1.165) is 16.5 Å². The molecule has 0 saturated heterocycles. The number of hydrogen-bond donors (Lipinski definition) is 4. The van der Waals surface area contributed by atoms with Gasteiger partial charge in [-0.05, 0) is 24.1 Å². The third kappa shape index (κ3) is 4.24. The minimum absolute atomic E-state index is 0.0575. The number of aliphatic hydroxyl groups is 1. The van der Waals surface area contributed by atoms with Crippen LogP contribution in [0.1, 0.15) is 35.6 Å². The van der Waals surface area contributed by atoms with Gasteiger partial charge in [-0.1, -0.05) is 25.1 Å². The van der Waals surface area contributed by atoms with Crippen molar-refractivity contribution in [2.45, 2.75) is 43.9 Å². The number of thioether (sulfide) groups is 1. The number of aromatic nitrogens is 2. The van der Waals surface area contributed by atoms with Crippen LogP contribution >= 0.6 is 11.8 Å². The highest BCUT2D eigenvalue weighted by Gasteiger charge is 2.45. The van der Waals surface area contributed by atoms with E-state index in [1.165, 1.54) is 11.8 Å². The molecule has 0 bridgehead atoms. The first-order valence-electron chi connectivity index (χ1n) is 12.1. The smallest absolute Gasteiger partial charge is 0.343 e. The minimum atomic E-state index is -1.90. The summed E-state index contributed by atoms with van der Waals surface area (Å²) in [4.78, 5) is 53.6. The number of carbonyl (C=O) groups excluding carboxylic acids is 2. The summed E-state index contributed by atoms with van der Waals surface area (Å²) in [6.45, 7) is 1.21. The van der Waals surface area contributed by atoms with Gasteiger partial charge in [-0.2, -0.15) is 11.8 Å². The van der Waals surface area contributed by atoms with Crippen LogP contribution < -0.4 is 16.6 Å². The summed E-state index contributed by atoms with van der Waals surface area (Å²) in [6, 6.07) is 8.35. The summed E-state index contributed by atoms with van der Waals surface area (Å²) in [6.07, 6.45) is 0.0575. The molecule has 198 valence electrons. The number of rotatable bonds is 8. The summed E-state index contributed by atoms with van der Waals surface area (Å²) < 4.78 is 6.73. The first-order chi connectivity index (χ1) is 18.2. The van der Waals surface area contributed by atoms with Crippen molar-refractivity contribution in [1.82, 2.24) is 14.9 Å². The van der Waals surface area contributed by atoms with Gasteiger partial charge < -0.3 is 30.6 Å². The second kappa shape index (κ2) is 9.86. The van der Waals surface area contributed by atoms with Crippen LogP contribution in [0.4, 0.5) is 0 Å². The molecule has 0 aliphatic carbocycles. The normalized spacial score (nSPS) is 18.3. The Balaban J connectivity index is 1.52. The lowest BCUT2D eigenvalue weighted by Gasteiger charge is -2.31. The zero-order valence-electron chi connectivity index (χ0n) is 20.5. The molecule has 2 aromatic heterocycles. The number of carboxylic acids is 1. The highest BCUT2D eigenvalue weighted by atomic mass is 32.2. The van der Waals surface area contributed by atoms with Gasteiger partial charge in [0.15, 0.2) is 5.60 Å². The predicted octanol–water partition coefficient (Wildman–Crippen LogP) is 0.841. The number of aliphatic carboxylic acids is 1. The first kappa shape index (κ1) is 25.9. The Bertz CT molecular complexity index is 1550. The fourth-order valence-electron chi connectivity index (χ4n) is 4.94. The number of hydrogen-bond acceptors (Lipinski definition) is 9. The second-order valence-corrected chi connectivity index (χ2v) is 10.3. The Kier molecular flexibility index (Phi) is 6.72. The Morgan fingerprint density at radius 2 is 2.05 bits per heavy atom. The number of cyclic esters (lactones) is 1. The molecule has 1 aromatic carbocycles. The molecule has 5 N–H and O–H groups in total. The number of esters is 1. The van der Waals surface area contributed by atoms with Gasteiger partial charge in [0.05, 0.1) is 35.1 Å². The molecule has 3 aromatic rings. The fraction of sp³-hybridized carbons (Fsp3) is 0.346. The van der Waals surface area contributed by atoms with Crippen molar-refractivity contribution in [3.63, 3.8) is 0 Å². The van der Waals surface area contributed by atoms with Crippen molar-refractivity contribution in [1.29, 1.82) is 0 Å². The summed E-state index contributed by atoms with van der Waals surface area (Å²) >= 11 is 1.42. The number of fused-ring (bicyclic) bond motifs is 5. The molecule has 0 spiro atoms. The van der Waals surface area contributed by atoms with Crippen molar-refractivity contribution in [3.05, 3.63) is 62.9 Å². The molecular weight excluding hydrogens is 512 g/mol. The molecule has 12 heteroatoms. The number of para-hydroxylation sites is 1. The number of carbonyl (C=O) groups is 3. The van der Waals surface area contributed by atoms with Crippen LogP contribution in [0.15, 0.2) is 35.1 Å². The zero-order chi connectivity index (χ0) is 27.2. The Hall–Kier alpha value is -3.74. The average Bonchev–Trinajstić information content (AvgIpc) is 3.27. The number of amides is 1. The average molecular weight is 539 g/mol. The van der Waals surface area contributed by atoms with Crippen LogP contribution in [-0.2, 0) is 43.6 Å². The number of carboxylic acid groups (broad SMARTS) is 1. The number of benzene rings is 1. The van der Waals surface area contributed by atoms with E-state index in [1.807, 2.05) is 24.3 Å². The van der Waals surface area contributed by atoms with Crippen LogP contribution in [0.3, 0.4) is 0 Å². The fourth-order valence-corrected chi connectivity index (χ4v) is 5.99. The molecule has 5 rings (SSSR count). The molecule has 1 unspecified atom stereocenters. The number of nitrogens with two attached hydrogens (primary N) is 1. The SMILES string of the molecule is CC[C@@]1(O)C(=O)OCc2c1cc1n(c2=O)Cc2c-1nc1ccccc1c2CSCC(N)C(=O)NCC(=O)O. The molecule has 2 atom stereocenters. The maximum absolute atomic E-state index is 13.5. The van der Waals surface area contributed by atoms with Crippen molar-refractivity contribution < 1.29 is 29.3 Å². The lowest BCUT2D eigenvalue weighted by atomic mass is 9.86. The molecule has 0 saturated carbocycles. The van der Waals surface area contributed by atoms with Crippen molar-refractivity contribution >= 4 is 40.5 Å². The van der Waals surface area contributed by atoms with Crippen molar-refractivity contribution in [3.8, 4) is 11.4 Å². The lowest BCUT2D eigenvalue weighted by Crippen LogP contribution is -2.44. The van der Waals surface area contributed by atoms with Gasteiger partial charge in [0, 0.05) is 28.0 Å². The summed E-state index contributed by atoms with van der Waals surface area (Å²) in [5.74, 6) is -1.76. The van der Waals surface area contributed by atoms with E-state index >= 15 is 0 Å². The Morgan fingerprint density at radius 3 is 2.79 bits per heavy atom. The van der Waals surface area contributed by atoms with Gasteiger partial charge in [0.2, 0.25) is 5.91 Å². The molecule has 0 radical (unpaired) electrons. The number of ether oxygens (including phenoxy) is 1. The maximum atomic E-state index is 13.5. The highest BCUT2D eigenvalue weighted by Crippen LogP contribution is 2.40. The van der Waals surface area contributed by atoms with E-state index in [2.05, 4.69) is 5.32 Å². The van der Waals surface area contributed by atoms with Gasteiger partial charge in [0.1, 0.15) is 13.2 Å². The maximum Gasteiger partial charge on any atom is 0.343 e. The van der Waals surface area contributed by atoms with E-state index in [9.17, 15) is 24.3 Å². The lowest BCUT2D eigenvalue weighted by molar-refractivity contribution is -0.172. The van der Waals surface area contributed by atoms with Gasteiger partial charge in [0.25, 0.3) is 5.56 Å². The molecule has 1 amide bonds. The van der Waals surface area contributed by atoms with E-state index in [4.69, 9.17) is 20.6 Å². The van der Waals surface area contributed by atoms with Crippen LogP contribution in [0.2, 0.25) is 0 Å². The summed E-state index contributed by atoms with van der Waals surface area (Å²) in [5.41, 5.74) is 7.83. The summed E-state index contributed by atoms with van der Waals surface area (Å²) in [5, 5.41) is 23.0. The van der Waals surface area contributed by atoms with Crippen LogP contribution in [0.25, 0.3) is 22.3 Å². The first-order valence-corrected chi connectivity index (χ1v) is 13.2. The molecular formula is C26H26N4O7S. The summed E-state index contributed by atoms with van der Waals surface area (Å²) in [7, 11) is 0. The largest absolute Gasteiger partial charge is 0.480 e. The third-order valence-corrected chi connectivity index (χ3v) is 8.10. The zero-order valence-corrected chi connectivity index (χ0v) is 21.3. The van der Waals surface area contributed by atoms with Crippen LogP contribution in [0, 0.1) is 0 Å². The van der Waals surface area contributed by atoms with Crippen molar-refractivity contribution in [2.24, 2.45) is 5.73 Å². The molecule has 2 aliphatic rings. The highest BCUT2D eigenvalue weighted by molar-refractivity contribution is 7.98. The number of pyridine rings is 2. The molecule has 0 fully saturated rings. The topological polar surface area (TPSA) is 174 Å². The van der Waals surface area contributed by atoms with E-state index in [-0.39, 0.29) is 42.0 Å². The standard InChI is InChI=1S/C26H26N4O7S/c1-2-26(36)17-7-20-22-14(9-30(20)24(34)15(17)10-37-25(26)35)16(13-5-3-4-6-19(13)29-22)11-38-12-18(27)23(33)28-8-21(31)32/h3-7,18,36H,2,8-12,27H2,1H3,(H,28,33)(H,31,32)/t18?,26-/m0/s1. The van der Waals surface area contributed by atoms with Crippen LogP contribution in [0.5, 0.6) is 0 Å². The molecule has 38 heavy (non-hydrogen) atoms. The monoisotopic (exact) mass is 538 g/mol. The Labute approximate surface area is 221 Å². The predicted molar refractivity (Wildman–Crippen MR) is 139 cm³/mol. The Morgan fingerprint density at radius 1 is 1.29 bits per heavy atom. The van der Waals surface area contributed by atoms with Gasteiger partial charge >= 0.3 is 11.9 Å². The molecule has 11 nitrogen and oxygen atoms in total. The molecule has 4 heterocycles. The van der Waals surface area contributed by atoms with E-state index < -0.39 is 36.0 Å². The van der Waals surface area contributed by atoms with E-state index in [1.54, 1.807) is 17.6 Å². The quantitative estimate of drug-likeness (QED) is 0.235. The molecule has 2 aliphatic heterocycles. The minimum Gasteiger partial charge on any atom is -0.480 e. The number of nitrogens with one attached hydrogen (secondary N) is 1. The van der Waals surface area contributed by atoms with Gasteiger partial charge in [-0.3, -0.25) is 14.4 Å². The number of nitrogens with zero attached hydrogens (tertiary/aromatic N) is 2. The van der Waals surface area contributed by atoms with Crippen LogP contribution in [-0.4, -0.2) is 55.9 Å². The van der Waals surface area contributed by atoms with Crippen molar-refractivity contribution in [2.75, 3.05) is 12.3 Å². The van der Waals surface area contributed by atoms with E-state index in [0.29, 0.717) is 22.7 Å². The second-order valence-electron chi connectivity index (χ2n) is 9.27. The third-order valence-electron chi connectivity index (χ3n) is 7.01.